The van der Waals surface area contributed by atoms with Crippen molar-refractivity contribution >= 4 is 22.7 Å². The molecule has 0 aliphatic rings. The zero-order valence-electron chi connectivity index (χ0n) is 10.6. The molecule has 0 bridgehead atoms. The van der Waals surface area contributed by atoms with E-state index < -0.39 is 11.6 Å². The molecule has 0 fully saturated rings. The standard InChI is InChI=1S/C14H10F2N2S2/c1-8-6-19-13(17-8)5-14-18-12(7-20-14)9-2-3-10(15)11(16)4-9/h2-4,6-7H,5H2,1H3. The number of thiazole rings is 2. The van der Waals surface area contributed by atoms with Gasteiger partial charge in [-0.15, -0.1) is 22.7 Å². The summed E-state index contributed by atoms with van der Waals surface area (Å²) in [5.41, 5.74) is 2.25. The van der Waals surface area contributed by atoms with Gasteiger partial charge in [-0.3, -0.25) is 0 Å². The molecule has 2 aromatic heterocycles. The molecule has 1 aromatic carbocycles. The van der Waals surface area contributed by atoms with Gasteiger partial charge >= 0.3 is 0 Å². The fraction of sp³-hybridized carbons (Fsp3) is 0.143. The number of rotatable bonds is 3. The molecule has 0 saturated carbocycles. The second-order valence-corrected chi connectivity index (χ2v) is 6.20. The summed E-state index contributed by atoms with van der Waals surface area (Å²) in [5, 5.41) is 5.77. The highest BCUT2D eigenvalue weighted by Gasteiger charge is 2.09. The zero-order chi connectivity index (χ0) is 14.1. The summed E-state index contributed by atoms with van der Waals surface area (Å²) < 4.78 is 26.1. The Labute approximate surface area is 122 Å². The largest absolute Gasteiger partial charge is 0.246 e. The first-order valence-electron chi connectivity index (χ1n) is 5.92. The summed E-state index contributed by atoms with van der Waals surface area (Å²) in [4.78, 5) is 8.84. The number of aromatic nitrogens is 2. The first-order valence-corrected chi connectivity index (χ1v) is 7.68. The molecule has 0 amide bonds. The maximum atomic E-state index is 13.2. The van der Waals surface area contributed by atoms with Crippen LogP contribution in [0.1, 0.15) is 15.7 Å². The highest BCUT2D eigenvalue weighted by molar-refractivity contribution is 7.11. The Balaban J connectivity index is 1.84. The zero-order valence-corrected chi connectivity index (χ0v) is 12.2. The van der Waals surface area contributed by atoms with Crippen LogP contribution < -0.4 is 0 Å². The van der Waals surface area contributed by atoms with Crippen molar-refractivity contribution in [1.82, 2.24) is 9.97 Å². The lowest BCUT2D eigenvalue weighted by molar-refractivity contribution is 0.509. The van der Waals surface area contributed by atoms with Gasteiger partial charge in [0.15, 0.2) is 11.6 Å². The number of aryl methyl sites for hydroxylation is 1. The van der Waals surface area contributed by atoms with Crippen molar-refractivity contribution in [2.75, 3.05) is 0 Å². The van der Waals surface area contributed by atoms with Crippen molar-refractivity contribution < 1.29 is 8.78 Å². The van der Waals surface area contributed by atoms with E-state index in [0.717, 1.165) is 21.8 Å². The van der Waals surface area contributed by atoms with Crippen LogP contribution in [0.25, 0.3) is 11.3 Å². The minimum Gasteiger partial charge on any atom is -0.246 e. The monoisotopic (exact) mass is 308 g/mol. The predicted molar refractivity (Wildman–Crippen MR) is 77.1 cm³/mol. The van der Waals surface area contributed by atoms with Gasteiger partial charge in [0.2, 0.25) is 0 Å². The van der Waals surface area contributed by atoms with Gasteiger partial charge in [-0.25, -0.2) is 18.7 Å². The maximum Gasteiger partial charge on any atom is 0.159 e. The van der Waals surface area contributed by atoms with Crippen molar-refractivity contribution in [1.29, 1.82) is 0 Å². The number of benzene rings is 1. The van der Waals surface area contributed by atoms with Gasteiger partial charge in [-0.05, 0) is 25.1 Å². The summed E-state index contributed by atoms with van der Waals surface area (Å²) in [7, 11) is 0. The first-order chi connectivity index (χ1) is 9.61. The average Bonchev–Trinajstić information content (AvgIpc) is 3.03. The van der Waals surface area contributed by atoms with E-state index in [-0.39, 0.29) is 0 Å². The molecule has 2 heterocycles. The van der Waals surface area contributed by atoms with Crippen LogP contribution in [-0.4, -0.2) is 9.97 Å². The minimum absolute atomic E-state index is 0.585. The van der Waals surface area contributed by atoms with Crippen molar-refractivity contribution in [3.8, 4) is 11.3 Å². The lowest BCUT2D eigenvalue weighted by atomic mass is 10.1. The molecule has 0 radical (unpaired) electrons. The van der Waals surface area contributed by atoms with E-state index >= 15 is 0 Å². The van der Waals surface area contributed by atoms with E-state index in [1.165, 1.54) is 23.5 Å². The second-order valence-electron chi connectivity index (χ2n) is 4.31. The van der Waals surface area contributed by atoms with Crippen molar-refractivity contribution in [3.63, 3.8) is 0 Å². The summed E-state index contributed by atoms with van der Waals surface area (Å²) >= 11 is 3.10. The Kier molecular flexibility index (Phi) is 3.58. The Hall–Kier alpha value is -1.66. The van der Waals surface area contributed by atoms with E-state index in [0.29, 0.717) is 17.7 Å². The molecule has 20 heavy (non-hydrogen) atoms. The van der Waals surface area contributed by atoms with E-state index in [1.807, 2.05) is 17.7 Å². The minimum atomic E-state index is -0.854. The number of halogens is 2. The quantitative estimate of drug-likeness (QED) is 0.714. The molecule has 0 aliphatic heterocycles. The fourth-order valence-corrected chi connectivity index (χ4v) is 3.47. The molecule has 0 aliphatic carbocycles. The van der Waals surface area contributed by atoms with Gasteiger partial charge < -0.3 is 0 Å². The van der Waals surface area contributed by atoms with Crippen molar-refractivity contribution in [2.24, 2.45) is 0 Å². The van der Waals surface area contributed by atoms with Gasteiger partial charge in [0, 0.05) is 22.0 Å². The van der Waals surface area contributed by atoms with E-state index in [4.69, 9.17) is 0 Å². The maximum absolute atomic E-state index is 13.2. The highest BCUT2D eigenvalue weighted by Crippen LogP contribution is 2.25. The summed E-state index contributed by atoms with van der Waals surface area (Å²) in [6.45, 7) is 1.95. The molecule has 0 saturated heterocycles. The molecule has 2 nitrogen and oxygen atoms in total. The van der Waals surface area contributed by atoms with E-state index in [1.54, 1.807) is 11.3 Å². The lowest BCUT2D eigenvalue weighted by Crippen LogP contribution is -1.88. The topological polar surface area (TPSA) is 25.8 Å². The first kappa shape index (κ1) is 13.3. The van der Waals surface area contributed by atoms with Gasteiger partial charge in [0.25, 0.3) is 0 Å². The van der Waals surface area contributed by atoms with Crippen LogP contribution in [0.5, 0.6) is 0 Å². The van der Waals surface area contributed by atoms with Crippen LogP contribution in [0.3, 0.4) is 0 Å². The van der Waals surface area contributed by atoms with Crippen molar-refractivity contribution in [2.45, 2.75) is 13.3 Å². The summed E-state index contributed by atoms with van der Waals surface area (Å²) in [6, 6.07) is 3.82. The van der Waals surface area contributed by atoms with E-state index in [2.05, 4.69) is 9.97 Å². The molecule has 0 atom stereocenters. The molecule has 0 N–H and O–H groups in total. The normalized spacial score (nSPS) is 10.9. The SMILES string of the molecule is Cc1csc(Cc2nc(-c3ccc(F)c(F)c3)cs2)n1. The third kappa shape index (κ3) is 2.76. The van der Waals surface area contributed by atoms with Crippen LogP contribution in [-0.2, 0) is 6.42 Å². The highest BCUT2D eigenvalue weighted by atomic mass is 32.1. The molecule has 0 spiro atoms. The molecule has 0 unspecified atom stereocenters. The van der Waals surface area contributed by atoms with Gasteiger partial charge in [-0.1, -0.05) is 0 Å². The Bertz CT molecular complexity index is 749. The molecular formula is C14H10F2N2S2. The molecule has 3 aromatic rings. The summed E-state index contributed by atoms with van der Waals surface area (Å²) in [6.07, 6.45) is 0.673. The Morgan fingerprint density at radius 3 is 2.45 bits per heavy atom. The van der Waals surface area contributed by atoms with Crippen LogP contribution in [0.2, 0.25) is 0 Å². The van der Waals surface area contributed by atoms with Crippen LogP contribution in [0.15, 0.2) is 29.0 Å². The molecular weight excluding hydrogens is 298 g/mol. The van der Waals surface area contributed by atoms with Gasteiger partial charge in [0.1, 0.15) is 5.01 Å². The molecule has 6 heteroatoms. The second kappa shape index (κ2) is 5.38. The summed E-state index contributed by atoms with van der Waals surface area (Å²) in [5.74, 6) is -1.70. The van der Waals surface area contributed by atoms with Crippen LogP contribution in [0, 0.1) is 18.6 Å². The third-order valence-corrected chi connectivity index (χ3v) is 4.55. The smallest absolute Gasteiger partial charge is 0.159 e. The lowest BCUT2D eigenvalue weighted by Gasteiger charge is -1.97. The number of nitrogens with zero attached hydrogens (tertiary/aromatic N) is 2. The molecule has 102 valence electrons. The van der Waals surface area contributed by atoms with Crippen LogP contribution >= 0.6 is 22.7 Å². The Morgan fingerprint density at radius 1 is 1.00 bits per heavy atom. The predicted octanol–water partition coefficient (Wildman–Crippen LogP) is 4.44. The van der Waals surface area contributed by atoms with Crippen molar-refractivity contribution in [3.05, 3.63) is 56.3 Å². The average molecular weight is 308 g/mol. The van der Waals surface area contributed by atoms with Gasteiger partial charge in [0.05, 0.1) is 17.1 Å². The molecule has 3 rings (SSSR count). The fourth-order valence-electron chi connectivity index (χ4n) is 1.79. The Morgan fingerprint density at radius 2 is 1.75 bits per heavy atom. The number of hydrogen-bond donors (Lipinski definition) is 0. The number of hydrogen-bond acceptors (Lipinski definition) is 4. The van der Waals surface area contributed by atoms with E-state index in [9.17, 15) is 8.78 Å². The van der Waals surface area contributed by atoms with Gasteiger partial charge in [-0.2, -0.15) is 0 Å². The third-order valence-electron chi connectivity index (χ3n) is 2.74. The van der Waals surface area contributed by atoms with Crippen LogP contribution in [0.4, 0.5) is 8.78 Å².